The van der Waals surface area contributed by atoms with Gasteiger partial charge < -0.3 is 9.64 Å². The number of aromatic nitrogens is 1. The largest absolute Gasteiger partial charge is 0.465 e. The Kier molecular flexibility index (Phi) is 7.12. The van der Waals surface area contributed by atoms with Gasteiger partial charge in [0, 0.05) is 18.7 Å². The van der Waals surface area contributed by atoms with E-state index in [-0.39, 0.29) is 11.7 Å². The Morgan fingerprint density at radius 2 is 1.70 bits per heavy atom. The van der Waals surface area contributed by atoms with Crippen molar-refractivity contribution in [3.63, 3.8) is 0 Å². The van der Waals surface area contributed by atoms with E-state index in [4.69, 9.17) is 4.74 Å². The number of amides is 1. The Morgan fingerprint density at radius 1 is 1.03 bits per heavy atom. The van der Waals surface area contributed by atoms with Crippen molar-refractivity contribution in [3.8, 4) is 0 Å². The van der Waals surface area contributed by atoms with Crippen LogP contribution in [0.25, 0.3) is 10.2 Å². The van der Waals surface area contributed by atoms with Crippen LogP contribution in [0.1, 0.15) is 34.6 Å². The van der Waals surface area contributed by atoms with Crippen LogP contribution >= 0.6 is 11.3 Å². The summed E-state index contributed by atoms with van der Waals surface area (Å²) in [5, 5.41) is 0.518. The van der Waals surface area contributed by atoms with Crippen LogP contribution in [0, 0.1) is 5.82 Å². The Morgan fingerprint density at radius 3 is 2.33 bits per heavy atom. The number of thiazole rings is 1. The molecule has 0 aliphatic carbocycles. The van der Waals surface area contributed by atoms with Crippen LogP contribution < -0.4 is 4.90 Å². The fourth-order valence-corrected chi connectivity index (χ4v) is 4.10. The number of ether oxygens (including phenoxy) is 1. The van der Waals surface area contributed by atoms with Crippen molar-refractivity contribution in [3.05, 3.63) is 59.4 Å². The summed E-state index contributed by atoms with van der Waals surface area (Å²) in [5.74, 6) is -1.02. The van der Waals surface area contributed by atoms with Gasteiger partial charge in [-0.3, -0.25) is 9.69 Å². The van der Waals surface area contributed by atoms with Gasteiger partial charge in [-0.15, -0.1) is 0 Å². The average molecular weight is 430 g/mol. The summed E-state index contributed by atoms with van der Waals surface area (Å²) in [6, 6.07) is 10.7. The average Bonchev–Trinajstić information content (AvgIpc) is 3.18. The Bertz CT molecular complexity index is 1030. The van der Waals surface area contributed by atoms with Crippen molar-refractivity contribution in [1.82, 2.24) is 9.88 Å². The van der Waals surface area contributed by atoms with Gasteiger partial charge in [-0.05, 0) is 55.6 Å². The summed E-state index contributed by atoms with van der Waals surface area (Å²) in [7, 11) is 1.31. The van der Waals surface area contributed by atoms with Crippen molar-refractivity contribution in [2.24, 2.45) is 0 Å². The maximum atomic E-state index is 13.6. The first-order chi connectivity index (χ1) is 14.5. The van der Waals surface area contributed by atoms with E-state index in [0.717, 1.165) is 13.1 Å². The minimum Gasteiger partial charge on any atom is -0.465 e. The number of anilines is 1. The molecule has 0 atom stereocenters. The molecule has 6 nitrogen and oxygen atoms in total. The first-order valence-electron chi connectivity index (χ1n) is 9.75. The second-order valence-electron chi connectivity index (χ2n) is 6.66. The molecule has 1 amide bonds. The van der Waals surface area contributed by atoms with E-state index in [1.807, 2.05) is 0 Å². The van der Waals surface area contributed by atoms with Crippen LogP contribution in [0.2, 0.25) is 0 Å². The van der Waals surface area contributed by atoms with Gasteiger partial charge >= 0.3 is 5.97 Å². The Labute approximate surface area is 178 Å². The highest BCUT2D eigenvalue weighted by Gasteiger charge is 2.22. The van der Waals surface area contributed by atoms with E-state index in [2.05, 4.69) is 23.7 Å². The van der Waals surface area contributed by atoms with Gasteiger partial charge in [0.05, 0.1) is 22.9 Å². The molecule has 0 radical (unpaired) electrons. The highest BCUT2D eigenvalue weighted by molar-refractivity contribution is 7.22. The lowest BCUT2D eigenvalue weighted by atomic mass is 10.1. The number of rotatable bonds is 8. The number of esters is 1. The summed E-state index contributed by atoms with van der Waals surface area (Å²) in [5.41, 5.74) is 1.46. The third kappa shape index (κ3) is 4.83. The standard InChI is InChI=1S/C22H24FN3O3S/c1-4-25(5-2)12-13-26(22-24-18-11-10-17(23)14-19(18)30-22)20(27)15-6-8-16(9-7-15)21(28)29-3/h6-11,14H,4-5,12-13H2,1-3H3. The molecule has 0 spiro atoms. The van der Waals surface area contributed by atoms with E-state index in [1.54, 1.807) is 35.2 Å². The van der Waals surface area contributed by atoms with Gasteiger partial charge in [-0.25, -0.2) is 14.2 Å². The van der Waals surface area contributed by atoms with E-state index < -0.39 is 5.97 Å². The number of nitrogens with zero attached hydrogens (tertiary/aromatic N) is 3. The number of methoxy groups -OCH3 is 1. The highest BCUT2D eigenvalue weighted by Crippen LogP contribution is 2.30. The molecule has 158 valence electrons. The van der Waals surface area contributed by atoms with Gasteiger partial charge in [0.2, 0.25) is 0 Å². The second-order valence-corrected chi connectivity index (χ2v) is 7.67. The molecular formula is C22H24FN3O3S. The lowest BCUT2D eigenvalue weighted by Crippen LogP contribution is -2.38. The predicted molar refractivity (Wildman–Crippen MR) is 117 cm³/mol. The summed E-state index contributed by atoms with van der Waals surface area (Å²) < 4.78 is 19.0. The van der Waals surface area contributed by atoms with Gasteiger partial charge in [0.15, 0.2) is 5.13 Å². The van der Waals surface area contributed by atoms with E-state index in [0.29, 0.717) is 39.6 Å². The number of carbonyl (C=O) groups is 2. The molecule has 0 aliphatic heterocycles. The van der Waals surface area contributed by atoms with E-state index in [9.17, 15) is 14.0 Å². The van der Waals surface area contributed by atoms with Crippen molar-refractivity contribution in [2.75, 3.05) is 38.2 Å². The Balaban J connectivity index is 1.93. The third-order valence-corrected chi connectivity index (χ3v) is 5.94. The first kappa shape index (κ1) is 21.9. The van der Waals surface area contributed by atoms with Crippen LogP contribution in [0.5, 0.6) is 0 Å². The first-order valence-corrected chi connectivity index (χ1v) is 10.6. The van der Waals surface area contributed by atoms with Crippen LogP contribution in [-0.2, 0) is 4.74 Å². The monoisotopic (exact) mass is 429 g/mol. The van der Waals surface area contributed by atoms with Gasteiger partial charge in [-0.2, -0.15) is 0 Å². The summed E-state index contributed by atoms with van der Waals surface area (Å²) in [6.45, 7) is 7.02. The van der Waals surface area contributed by atoms with Crippen LogP contribution in [0.15, 0.2) is 42.5 Å². The zero-order valence-corrected chi connectivity index (χ0v) is 18.0. The lowest BCUT2D eigenvalue weighted by Gasteiger charge is -2.24. The van der Waals surface area contributed by atoms with Gasteiger partial charge in [0.1, 0.15) is 5.82 Å². The van der Waals surface area contributed by atoms with Gasteiger partial charge in [0.25, 0.3) is 5.91 Å². The molecule has 0 N–H and O–H groups in total. The molecule has 0 unspecified atom stereocenters. The van der Waals surface area contributed by atoms with Crippen molar-refractivity contribution in [2.45, 2.75) is 13.8 Å². The SMILES string of the molecule is CCN(CC)CCN(C(=O)c1ccc(C(=O)OC)cc1)c1nc2ccc(F)cc2s1. The molecular weight excluding hydrogens is 405 g/mol. The smallest absolute Gasteiger partial charge is 0.337 e. The number of fused-ring (bicyclic) bond motifs is 1. The molecule has 1 aromatic heterocycles. The van der Waals surface area contributed by atoms with Crippen LogP contribution in [-0.4, -0.2) is 55.0 Å². The van der Waals surface area contributed by atoms with E-state index in [1.165, 1.54) is 30.6 Å². The van der Waals surface area contributed by atoms with Crippen LogP contribution in [0.4, 0.5) is 9.52 Å². The molecule has 0 aliphatic rings. The third-order valence-electron chi connectivity index (χ3n) is 4.90. The number of benzene rings is 2. The lowest BCUT2D eigenvalue weighted by molar-refractivity contribution is 0.0600. The molecule has 3 aromatic rings. The molecule has 0 saturated carbocycles. The number of hydrogen-bond donors (Lipinski definition) is 0. The van der Waals surface area contributed by atoms with Crippen molar-refractivity contribution < 1.29 is 18.7 Å². The van der Waals surface area contributed by atoms with Crippen LogP contribution in [0.3, 0.4) is 0 Å². The molecule has 2 aromatic carbocycles. The summed E-state index contributed by atoms with van der Waals surface area (Å²) in [4.78, 5) is 33.4. The summed E-state index contributed by atoms with van der Waals surface area (Å²) in [6.07, 6.45) is 0. The number of halogens is 1. The highest BCUT2D eigenvalue weighted by atomic mass is 32.1. The molecule has 3 rings (SSSR count). The summed E-state index contributed by atoms with van der Waals surface area (Å²) >= 11 is 1.28. The van der Waals surface area contributed by atoms with Crippen molar-refractivity contribution >= 4 is 38.6 Å². The normalized spacial score (nSPS) is 11.1. The fourth-order valence-electron chi connectivity index (χ4n) is 3.09. The van der Waals surface area contributed by atoms with E-state index >= 15 is 0 Å². The topological polar surface area (TPSA) is 62.7 Å². The minimum absolute atomic E-state index is 0.224. The number of carbonyl (C=O) groups excluding carboxylic acids is 2. The predicted octanol–water partition coefficient (Wildman–Crippen LogP) is 4.21. The quantitative estimate of drug-likeness (QED) is 0.502. The minimum atomic E-state index is -0.458. The molecule has 0 bridgehead atoms. The molecule has 0 saturated heterocycles. The Hall–Kier alpha value is -2.84. The second kappa shape index (κ2) is 9.77. The fraction of sp³-hybridized carbons (Fsp3) is 0.318. The number of likely N-dealkylation sites (N-methyl/N-ethyl adjacent to an activating group) is 1. The van der Waals surface area contributed by atoms with Crippen molar-refractivity contribution in [1.29, 1.82) is 0 Å². The molecule has 8 heteroatoms. The maximum absolute atomic E-state index is 13.6. The van der Waals surface area contributed by atoms with Gasteiger partial charge in [-0.1, -0.05) is 25.2 Å². The maximum Gasteiger partial charge on any atom is 0.337 e. The zero-order chi connectivity index (χ0) is 21.7. The number of hydrogen-bond acceptors (Lipinski definition) is 6. The molecule has 0 fully saturated rings. The molecule has 30 heavy (non-hydrogen) atoms. The molecule has 1 heterocycles. The zero-order valence-electron chi connectivity index (χ0n) is 17.2.